The zero-order valence-corrected chi connectivity index (χ0v) is 10.4. The van der Waals surface area contributed by atoms with Gasteiger partial charge in [-0.1, -0.05) is 6.07 Å². The fourth-order valence-corrected chi connectivity index (χ4v) is 2.61. The zero-order valence-electron chi connectivity index (χ0n) is 10.4. The molecule has 0 radical (unpaired) electrons. The number of rotatable bonds is 1. The molecule has 1 aromatic carbocycles. The first-order valence-electron chi connectivity index (χ1n) is 6.65. The quantitative estimate of drug-likeness (QED) is 0.825. The Morgan fingerprint density at radius 1 is 1.22 bits per heavy atom. The molecule has 0 aromatic heterocycles. The lowest BCUT2D eigenvalue weighted by molar-refractivity contribution is 0.0720. The molecule has 18 heavy (non-hydrogen) atoms. The first-order chi connectivity index (χ1) is 8.86. The summed E-state index contributed by atoms with van der Waals surface area (Å²) in [5.41, 5.74) is 1.63. The van der Waals surface area contributed by atoms with Gasteiger partial charge in [0.2, 0.25) is 0 Å². The zero-order chi connectivity index (χ0) is 12.4. The van der Waals surface area contributed by atoms with Gasteiger partial charge in [0.15, 0.2) is 5.75 Å². The second kappa shape index (κ2) is 4.88. The molecule has 1 saturated heterocycles. The maximum absolute atomic E-state index is 12.5. The van der Waals surface area contributed by atoms with E-state index in [9.17, 15) is 4.79 Å². The molecule has 2 aliphatic rings. The number of anilines is 1. The molecular weight excluding hydrogens is 228 g/mol. The van der Waals surface area contributed by atoms with E-state index in [1.165, 1.54) is 6.42 Å². The SMILES string of the molecule is O=C(c1cccc2c1OCCN2)N1CCCCC1. The molecule has 4 heteroatoms. The fourth-order valence-electron chi connectivity index (χ4n) is 2.61. The summed E-state index contributed by atoms with van der Waals surface area (Å²) in [4.78, 5) is 14.4. The van der Waals surface area contributed by atoms with Crippen LogP contribution in [0, 0.1) is 0 Å². The van der Waals surface area contributed by atoms with Crippen LogP contribution in [0.15, 0.2) is 18.2 Å². The van der Waals surface area contributed by atoms with Crippen LogP contribution in [0.25, 0.3) is 0 Å². The number of hydrogen-bond donors (Lipinski definition) is 1. The predicted octanol–water partition coefficient (Wildman–Crippen LogP) is 2.12. The van der Waals surface area contributed by atoms with E-state index >= 15 is 0 Å². The van der Waals surface area contributed by atoms with E-state index in [0.29, 0.717) is 12.2 Å². The molecule has 1 aromatic rings. The Kier molecular flexibility index (Phi) is 3.09. The fraction of sp³-hybridized carbons (Fsp3) is 0.500. The minimum absolute atomic E-state index is 0.107. The van der Waals surface area contributed by atoms with Crippen LogP contribution in [0.2, 0.25) is 0 Å². The van der Waals surface area contributed by atoms with E-state index in [2.05, 4.69) is 5.32 Å². The molecule has 0 aliphatic carbocycles. The lowest BCUT2D eigenvalue weighted by Gasteiger charge is -2.28. The minimum atomic E-state index is 0.107. The number of carbonyl (C=O) groups excluding carboxylic acids is 1. The normalized spacial score (nSPS) is 18.6. The van der Waals surface area contributed by atoms with Gasteiger partial charge in [-0.2, -0.15) is 0 Å². The van der Waals surface area contributed by atoms with Gasteiger partial charge in [-0.15, -0.1) is 0 Å². The maximum Gasteiger partial charge on any atom is 0.257 e. The van der Waals surface area contributed by atoms with Crippen molar-refractivity contribution in [1.29, 1.82) is 0 Å². The number of nitrogens with zero attached hydrogens (tertiary/aromatic N) is 1. The topological polar surface area (TPSA) is 41.6 Å². The van der Waals surface area contributed by atoms with Crippen molar-refractivity contribution in [2.45, 2.75) is 19.3 Å². The Morgan fingerprint density at radius 2 is 2.06 bits per heavy atom. The molecule has 2 aliphatic heterocycles. The van der Waals surface area contributed by atoms with Crippen molar-refractivity contribution in [3.05, 3.63) is 23.8 Å². The van der Waals surface area contributed by atoms with Crippen molar-refractivity contribution >= 4 is 11.6 Å². The van der Waals surface area contributed by atoms with Crippen molar-refractivity contribution < 1.29 is 9.53 Å². The summed E-state index contributed by atoms with van der Waals surface area (Å²) < 4.78 is 5.66. The van der Waals surface area contributed by atoms with E-state index < -0.39 is 0 Å². The summed E-state index contributed by atoms with van der Waals surface area (Å²) >= 11 is 0. The molecule has 1 amide bonds. The molecule has 0 spiro atoms. The van der Waals surface area contributed by atoms with Crippen LogP contribution in [-0.4, -0.2) is 37.0 Å². The third kappa shape index (κ3) is 2.03. The molecule has 4 nitrogen and oxygen atoms in total. The average molecular weight is 246 g/mol. The highest BCUT2D eigenvalue weighted by Gasteiger charge is 2.24. The summed E-state index contributed by atoms with van der Waals surface area (Å²) in [6.45, 7) is 3.16. The summed E-state index contributed by atoms with van der Waals surface area (Å²) in [7, 11) is 0. The standard InChI is InChI=1S/C14H18N2O2/c17-14(16-8-2-1-3-9-16)11-5-4-6-12-13(11)18-10-7-15-12/h4-6,15H,1-3,7-10H2. The van der Waals surface area contributed by atoms with E-state index in [-0.39, 0.29) is 5.91 Å². The van der Waals surface area contributed by atoms with Crippen LogP contribution in [0.4, 0.5) is 5.69 Å². The van der Waals surface area contributed by atoms with E-state index in [4.69, 9.17) is 4.74 Å². The molecule has 3 rings (SSSR count). The molecule has 0 bridgehead atoms. The summed E-state index contributed by atoms with van der Waals surface area (Å²) in [6, 6.07) is 5.74. The Labute approximate surface area is 107 Å². The van der Waals surface area contributed by atoms with Crippen LogP contribution in [0.3, 0.4) is 0 Å². The molecule has 1 N–H and O–H groups in total. The number of benzene rings is 1. The highest BCUT2D eigenvalue weighted by Crippen LogP contribution is 2.32. The monoisotopic (exact) mass is 246 g/mol. The Hall–Kier alpha value is -1.71. The van der Waals surface area contributed by atoms with E-state index in [0.717, 1.165) is 43.9 Å². The second-order valence-electron chi connectivity index (χ2n) is 4.81. The molecule has 0 atom stereocenters. The van der Waals surface area contributed by atoms with Gasteiger partial charge in [0.05, 0.1) is 11.3 Å². The van der Waals surface area contributed by atoms with Gasteiger partial charge in [0.25, 0.3) is 5.91 Å². The number of likely N-dealkylation sites (tertiary alicyclic amines) is 1. The smallest absolute Gasteiger partial charge is 0.257 e. The number of amides is 1. The number of ether oxygens (including phenoxy) is 1. The van der Waals surface area contributed by atoms with Gasteiger partial charge in [-0.05, 0) is 31.4 Å². The van der Waals surface area contributed by atoms with Gasteiger partial charge in [-0.3, -0.25) is 4.79 Å². The second-order valence-corrected chi connectivity index (χ2v) is 4.81. The molecule has 0 unspecified atom stereocenters. The highest BCUT2D eigenvalue weighted by atomic mass is 16.5. The van der Waals surface area contributed by atoms with E-state index in [1.54, 1.807) is 0 Å². The lowest BCUT2D eigenvalue weighted by Crippen LogP contribution is -2.36. The third-order valence-corrected chi connectivity index (χ3v) is 3.55. The Bertz CT molecular complexity index is 453. The van der Waals surface area contributed by atoms with Gasteiger partial charge < -0.3 is 15.0 Å². The van der Waals surface area contributed by atoms with Crippen molar-refractivity contribution in [1.82, 2.24) is 4.90 Å². The molecule has 1 fully saturated rings. The number of hydrogen-bond acceptors (Lipinski definition) is 3. The van der Waals surface area contributed by atoms with Gasteiger partial charge in [0, 0.05) is 19.6 Å². The van der Waals surface area contributed by atoms with Crippen LogP contribution in [0.1, 0.15) is 29.6 Å². The van der Waals surface area contributed by atoms with Gasteiger partial charge in [-0.25, -0.2) is 0 Å². The Morgan fingerprint density at radius 3 is 2.89 bits per heavy atom. The van der Waals surface area contributed by atoms with Crippen molar-refractivity contribution in [2.24, 2.45) is 0 Å². The maximum atomic E-state index is 12.5. The first-order valence-corrected chi connectivity index (χ1v) is 6.65. The first kappa shape index (κ1) is 11.4. The van der Waals surface area contributed by atoms with Crippen LogP contribution in [0.5, 0.6) is 5.75 Å². The predicted molar refractivity (Wildman–Crippen MR) is 70.2 cm³/mol. The number of carbonyl (C=O) groups is 1. The highest BCUT2D eigenvalue weighted by molar-refractivity contribution is 5.99. The van der Waals surface area contributed by atoms with Crippen LogP contribution < -0.4 is 10.1 Å². The summed E-state index contributed by atoms with van der Waals surface area (Å²) in [5, 5.41) is 3.27. The Balaban J connectivity index is 1.89. The summed E-state index contributed by atoms with van der Waals surface area (Å²) in [5.74, 6) is 0.828. The number of nitrogens with one attached hydrogen (secondary N) is 1. The number of para-hydroxylation sites is 1. The number of piperidine rings is 1. The molecular formula is C14H18N2O2. The van der Waals surface area contributed by atoms with Crippen LogP contribution >= 0.6 is 0 Å². The average Bonchev–Trinajstić information content (AvgIpc) is 2.47. The largest absolute Gasteiger partial charge is 0.489 e. The number of fused-ring (bicyclic) bond motifs is 1. The van der Waals surface area contributed by atoms with Crippen LogP contribution in [-0.2, 0) is 0 Å². The third-order valence-electron chi connectivity index (χ3n) is 3.55. The molecule has 0 saturated carbocycles. The van der Waals surface area contributed by atoms with Gasteiger partial charge >= 0.3 is 0 Å². The molecule has 2 heterocycles. The minimum Gasteiger partial charge on any atom is -0.489 e. The lowest BCUT2D eigenvalue weighted by atomic mass is 10.1. The van der Waals surface area contributed by atoms with Crippen molar-refractivity contribution in [3.8, 4) is 5.75 Å². The van der Waals surface area contributed by atoms with E-state index in [1.807, 2.05) is 23.1 Å². The summed E-state index contributed by atoms with van der Waals surface area (Å²) in [6.07, 6.45) is 3.45. The van der Waals surface area contributed by atoms with Gasteiger partial charge in [0.1, 0.15) is 6.61 Å². The van der Waals surface area contributed by atoms with Crippen molar-refractivity contribution in [2.75, 3.05) is 31.6 Å². The molecule has 96 valence electrons. The van der Waals surface area contributed by atoms with Crippen molar-refractivity contribution in [3.63, 3.8) is 0 Å².